The Balaban J connectivity index is 1.85. The highest BCUT2D eigenvalue weighted by atomic mass is 16.3. The van der Waals surface area contributed by atoms with E-state index in [4.69, 9.17) is 5.11 Å². The van der Waals surface area contributed by atoms with Crippen molar-refractivity contribution >= 4 is 23.6 Å². The summed E-state index contributed by atoms with van der Waals surface area (Å²) in [7, 11) is 0. The van der Waals surface area contributed by atoms with E-state index in [0.717, 1.165) is 24.3 Å². The summed E-state index contributed by atoms with van der Waals surface area (Å²) in [6, 6.07) is 7.32. The van der Waals surface area contributed by atoms with Gasteiger partial charge in [-0.3, -0.25) is 14.5 Å². The van der Waals surface area contributed by atoms with E-state index >= 15 is 0 Å². The van der Waals surface area contributed by atoms with Gasteiger partial charge in [0, 0.05) is 51.4 Å². The lowest BCUT2D eigenvalue weighted by molar-refractivity contribution is -0.127. The number of benzene rings is 1. The number of piperazine rings is 1. The van der Waals surface area contributed by atoms with E-state index in [1.165, 1.54) is 6.92 Å². The molecule has 1 aromatic carbocycles. The van der Waals surface area contributed by atoms with Gasteiger partial charge in [0.1, 0.15) is 0 Å². The van der Waals surface area contributed by atoms with Crippen molar-refractivity contribution in [1.29, 1.82) is 0 Å². The minimum absolute atomic E-state index is 0.000383. The summed E-state index contributed by atoms with van der Waals surface area (Å²) in [5.74, 6) is -0.108. The SMILES string of the molecule is CC(=O)Nc1ccc(/C=C/C(=O)N2CCN(CCO)CC2)cc1. The van der Waals surface area contributed by atoms with Crippen LogP contribution in [0.25, 0.3) is 6.08 Å². The summed E-state index contributed by atoms with van der Waals surface area (Å²) in [6.07, 6.45) is 3.36. The maximum Gasteiger partial charge on any atom is 0.246 e. The van der Waals surface area contributed by atoms with E-state index in [9.17, 15) is 9.59 Å². The van der Waals surface area contributed by atoms with E-state index < -0.39 is 0 Å². The van der Waals surface area contributed by atoms with Crippen LogP contribution in [0.5, 0.6) is 0 Å². The summed E-state index contributed by atoms with van der Waals surface area (Å²) in [6.45, 7) is 5.25. The highest BCUT2D eigenvalue weighted by Gasteiger charge is 2.18. The number of aliphatic hydroxyl groups is 1. The van der Waals surface area contributed by atoms with Crippen LogP contribution in [0.15, 0.2) is 30.3 Å². The first-order chi connectivity index (χ1) is 11.1. The zero-order valence-electron chi connectivity index (χ0n) is 13.4. The second-order valence-corrected chi connectivity index (χ2v) is 5.53. The standard InChI is InChI=1S/C17H23N3O3/c1-14(22)18-16-5-2-15(3-6-16)4-7-17(23)20-10-8-19(9-11-20)12-13-21/h2-7,21H,8-13H2,1H3,(H,18,22)/b7-4+. The van der Waals surface area contributed by atoms with E-state index in [1.54, 1.807) is 24.3 Å². The molecule has 0 unspecified atom stereocenters. The predicted octanol–water partition coefficient (Wildman–Crippen LogP) is 0.795. The van der Waals surface area contributed by atoms with Gasteiger partial charge in [-0.2, -0.15) is 0 Å². The number of aliphatic hydroxyl groups excluding tert-OH is 1. The number of hydrogen-bond donors (Lipinski definition) is 2. The molecule has 1 aliphatic heterocycles. The van der Waals surface area contributed by atoms with E-state index in [-0.39, 0.29) is 18.4 Å². The van der Waals surface area contributed by atoms with Gasteiger partial charge in [0.05, 0.1) is 6.61 Å². The summed E-state index contributed by atoms with van der Waals surface area (Å²) < 4.78 is 0. The third-order valence-electron chi connectivity index (χ3n) is 3.75. The predicted molar refractivity (Wildman–Crippen MR) is 89.9 cm³/mol. The molecule has 0 bridgehead atoms. The lowest BCUT2D eigenvalue weighted by atomic mass is 10.2. The quantitative estimate of drug-likeness (QED) is 0.788. The first kappa shape index (κ1) is 17.2. The van der Waals surface area contributed by atoms with Crippen LogP contribution in [0.3, 0.4) is 0 Å². The van der Waals surface area contributed by atoms with Crippen LogP contribution in [0, 0.1) is 0 Å². The van der Waals surface area contributed by atoms with Crippen LogP contribution in [0.1, 0.15) is 12.5 Å². The van der Waals surface area contributed by atoms with E-state index in [0.29, 0.717) is 19.6 Å². The van der Waals surface area contributed by atoms with Crippen molar-refractivity contribution in [2.24, 2.45) is 0 Å². The van der Waals surface area contributed by atoms with Crippen molar-refractivity contribution in [1.82, 2.24) is 9.80 Å². The normalized spacial score (nSPS) is 15.8. The molecule has 0 spiro atoms. The Morgan fingerprint density at radius 1 is 1.17 bits per heavy atom. The Bertz CT molecular complexity index is 561. The summed E-state index contributed by atoms with van der Waals surface area (Å²) in [5.41, 5.74) is 1.65. The number of carbonyl (C=O) groups excluding carboxylic acids is 2. The van der Waals surface area contributed by atoms with Gasteiger partial charge in [-0.1, -0.05) is 12.1 Å². The molecule has 6 nitrogen and oxygen atoms in total. The molecule has 0 saturated carbocycles. The van der Waals surface area contributed by atoms with Crippen molar-refractivity contribution in [3.05, 3.63) is 35.9 Å². The number of β-amino-alcohol motifs (C(OH)–C–C–N with tert-alkyl or cyclic N) is 1. The Morgan fingerprint density at radius 2 is 1.83 bits per heavy atom. The van der Waals surface area contributed by atoms with Gasteiger partial charge in [0.15, 0.2) is 0 Å². The maximum atomic E-state index is 12.2. The first-order valence-corrected chi connectivity index (χ1v) is 7.76. The van der Waals surface area contributed by atoms with Crippen LogP contribution in [0.2, 0.25) is 0 Å². The van der Waals surface area contributed by atoms with E-state index in [1.807, 2.05) is 17.0 Å². The molecule has 0 aromatic heterocycles. The number of nitrogens with one attached hydrogen (secondary N) is 1. The summed E-state index contributed by atoms with van der Waals surface area (Å²) in [4.78, 5) is 27.1. The molecule has 2 N–H and O–H groups in total. The summed E-state index contributed by atoms with van der Waals surface area (Å²) in [5, 5.41) is 11.6. The Labute approximate surface area is 136 Å². The molecular weight excluding hydrogens is 294 g/mol. The number of nitrogens with zero attached hydrogens (tertiary/aromatic N) is 2. The zero-order valence-corrected chi connectivity index (χ0v) is 13.4. The second-order valence-electron chi connectivity index (χ2n) is 5.53. The lowest BCUT2D eigenvalue weighted by Gasteiger charge is -2.33. The molecule has 1 heterocycles. The monoisotopic (exact) mass is 317 g/mol. The van der Waals surface area contributed by atoms with Crippen molar-refractivity contribution in [3.63, 3.8) is 0 Å². The molecule has 0 aliphatic carbocycles. The van der Waals surface area contributed by atoms with Gasteiger partial charge >= 0.3 is 0 Å². The first-order valence-electron chi connectivity index (χ1n) is 7.76. The van der Waals surface area contributed by atoms with Gasteiger partial charge in [0.25, 0.3) is 0 Å². The van der Waals surface area contributed by atoms with Gasteiger partial charge in [0.2, 0.25) is 11.8 Å². The van der Waals surface area contributed by atoms with Crippen molar-refractivity contribution in [2.75, 3.05) is 44.6 Å². The smallest absolute Gasteiger partial charge is 0.246 e. The Kier molecular flexibility index (Phi) is 6.31. The fourth-order valence-corrected chi connectivity index (χ4v) is 2.49. The molecule has 1 fully saturated rings. The fraction of sp³-hybridized carbons (Fsp3) is 0.412. The molecule has 1 aromatic rings. The fourth-order valence-electron chi connectivity index (χ4n) is 2.49. The third kappa shape index (κ3) is 5.50. The highest BCUT2D eigenvalue weighted by molar-refractivity contribution is 5.92. The minimum Gasteiger partial charge on any atom is -0.395 e. The number of amides is 2. The van der Waals surface area contributed by atoms with Gasteiger partial charge < -0.3 is 15.3 Å². The number of hydrogen-bond acceptors (Lipinski definition) is 4. The van der Waals surface area contributed by atoms with Crippen LogP contribution in [0.4, 0.5) is 5.69 Å². The third-order valence-corrected chi connectivity index (χ3v) is 3.75. The molecule has 2 rings (SSSR count). The number of rotatable bonds is 5. The molecule has 124 valence electrons. The van der Waals surface area contributed by atoms with Gasteiger partial charge in [-0.05, 0) is 23.8 Å². The van der Waals surface area contributed by atoms with Crippen LogP contribution in [-0.4, -0.2) is 66.1 Å². The topological polar surface area (TPSA) is 72.9 Å². The second kappa shape index (κ2) is 8.45. The highest BCUT2D eigenvalue weighted by Crippen LogP contribution is 2.11. The van der Waals surface area contributed by atoms with Crippen LogP contribution < -0.4 is 5.32 Å². The molecule has 6 heteroatoms. The van der Waals surface area contributed by atoms with Crippen molar-refractivity contribution in [3.8, 4) is 0 Å². The van der Waals surface area contributed by atoms with Gasteiger partial charge in [-0.15, -0.1) is 0 Å². The lowest BCUT2D eigenvalue weighted by Crippen LogP contribution is -2.48. The number of anilines is 1. The number of carbonyl (C=O) groups is 2. The molecular formula is C17H23N3O3. The summed E-state index contributed by atoms with van der Waals surface area (Å²) >= 11 is 0. The molecule has 0 atom stereocenters. The molecule has 23 heavy (non-hydrogen) atoms. The Morgan fingerprint density at radius 3 is 2.39 bits per heavy atom. The van der Waals surface area contributed by atoms with Crippen LogP contribution in [-0.2, 0) is 9.59 Å². The largest absolute Gasteiger partial charge is 0.395 e. The maximum absolute atomic E-state index is 12.2. The van der Waals surface area contributed by atoms with Crippen LogP contribution >= 0.6 is 0 Å². The van der Waals surface area contributed by atoms with Crippen molar-refractivity contribution < 1.29 is 14.7 Å². The molecule has 1 saturated heterocycles. The van der Waals surface area contributed by atoms with Gasteiger partial charge in [-0.25, -0.2) is 0 Å². The average Bonchev–Trinajstić information content (AvgIpc) is 2.54. The molecule has 1 aliphatic rings. The van der Waals surface area contributed by atoms with Crippen molar-refractivity contribution in [2.45, 2.75) is 6.92 Å². The Hall–Kier alpha value is -2.18. The average molecular weight is 317 g/mol. The molecule has 0 radical (unpaired) electrons. The zero-order chi connectivity index (χ0) is 16.7. The molecule has 2 amide bonds. The minimum atomic E-state index is -0.108. The van der Waals surface area contributed by atoms with E-state index in [2.05, 4.69) is 10.2 Å².